The number of rotatable bonds is 3. The first kappa shape index (κ1) is 21.1. The largest absolute Gasteiger partial charge is 0.497 e. The van der Waals surface area contributed by atoms with Crippen molar-refractivity contribution in [1.29, 1.82) is 0 Å². The Labute approximate surface area is 192 Å². The van der Waals surface area contributed by atoms with Crippen LogP contribution < -0.4 is 9.47 Å². The lowest BCUT2D eigenvalue weighted by Gasteiger charge is -2.49. The van der Waals surface area contributed by atoms with Crippen molar-refractivity contribution in [1.82, 2.24) is 9.80 Å². The minimum Gasteiger partial charge on any atom is -0.497 e. The molecule has 5 rings (SSSR count). The lowest BCUT2D eigenvalue weighted by atomic mass is 9.93. The van der Waals surface area contributed by atoms with E-state index in [4.69, 9.17) is 14.2 Å². The highest BCUT2D eigenvalue weighted by atomic mass is 16.6. The van der Waals surface area contributed by atoms with Crippen LogP contribution in [-0.4, -0.2) is 54.8 Å². The number of carbonyl (C=O) groups is 2. The Bertz CT molecular complexity index is 1200. The van der Waals surface area contributed by atoms with E-state index in [2.05, 4.69) is 0 Å². The maximum absolute atomic E-state index is 13.3. The van der Waals surface area contributed by atoms with Crippen LogP contribution in [-0.2, 0) is 11.3 Å². The van der Waals surface area contributed by atoms with Crippen LogP contribution in [0.4, 0.5) is 4.79 Å². The smallest absolute Gasteiger partial charge is 0.410 e. The van der Waals surface area contributed by atoms with Gasteiger partial charge in [0, 0.05) is 38.4 Å². The van der Waals surface area contributed by atoms with E-state index in [1.54, 1.807) is 24.0 Å². The van der Waals surface area contributed by atoms with Crippen molar-refractivity contribution in [3.8, 4) is 11.5 Å². The van der Waals surface area contributed by atoms with E-state index in [0.717, 1.165) is 16.3 Å². The molecule has 0 aromatic heterocycles. The number of benzene rings is 3. The Balaban J connectivity index is 1.35. The van der Waals surface area contributed by atoms with Crippen molar-refractivity contribution in [3.05, 3.63) is 71.8 Å². The number of carbonyl (C=O) groups excluding carboxylic acids is 2. The Morgan fingerprint density at radius 3 is 2.52 bits per heavy atom. The Morgan fingerprint density at radius 1 is 1.06 bits per heavy atom. The SMILES string of the molecule is COc1ccc2ccc3c(c2c1)OC1(CCN(C(=O)OCc2ccccc2)CC1)N(C)C3=O. The second kappa shape index (κ2) is 8.31. The zero-order chi connectivity index (χ0) is 23.0. The molecule has 0 aliphatic carbocycles. The fraction of sp³-hybridized carbons (Fsp3) is 0.308. The summed E-state index contributed by atoms with van der Waals surface area (Å²) in [4.78, 5) is 29.2. The highest BCUT2D eigenvalue weighted by Crippen LogP contribution is 2.43. The fourth-order valence-corrected chi connectivity index (χ4v) is 4.59. The molecular formula is C26H26N2O5. The summed E-state index contributed by atoms with van der Waals surface area (Å²) in [5.74, 6) is 1.20. The molecule has 0 bridgehead atoms. The van der Waals surface area contributed by atoms with E-state index in [-0.39, 0.29) is 18.6 Å². The maximum atomic E-state index is 13.3. The molecule has 7 nitrogen and oxygen atoms in total. The molecule has 0 atom stereocenters. The number of fused-ring (bicyclic) bond motifs is 3. The van der Waals surface area contributed by atoms with Gasteiger partial charge in [-0.05, 0) is 29.1 Å². The fourth-order valence-electron chi connectivity index (χ4n) is 4.59. The standard InChI is InChI=1S/C26H26N2O5/c1-27-24(29)21-11-9-19-8-10-20(31-2)16-22(19)23(21)33-26(27)12-14-28(15-13-26)25(30)32-17-18-6-4-3-5-7-18/h3-11,16H,12-15,17H2,1-2H3. The molecule has 2 heterocycles. The van der Waals surface area contributed by atoms with Crippen molar-refractivity contribution in [3.63, 3.8) is 0 Å². The van der Waals surface area contributed by atoms with Gasteiger partial charge in [0.25, 0.3) is 5.91 Å². The normalized spacial score (nSPS) is 17.0. The molecule has 2 aliphatic rings. The Hall–Kier alpha value is -3.74. The zero-order valence-corrected chi connectivity index (χ0v) is 18.7. The third-order valence-corrected chi connectivity index (χ3v) is 6.63. The molecule has 7 heteroatoms. The van der Waals surface area contributed by atoms with Crippen LogP contribution in [0.25, 0.3) is 10.8 Å². The molecule has 0 saturated carbocycles. The van der Waals surface area contributed by atoms with Crippen LogP contribution >= 0.6 is 0 Å². The van der Waals surface area contributed by atoms with Crippen molar-refractivity contribution in [2.45, 2.75) is 25.2 Å². The van der Waals surface area contributed by atoms with Gasteiger partial charge in [0.05, 0.1) is 12.7 Å². The van der Waals surface area contributed by atoms with E-state index >= 15 is 0 Å². The summed E-state index contributed by atoms with van der Waals surface area (Å²) in [6.45, 7) is 1.11. The van der Waals surface area contributed by atoms with Crippen LogP contribution in [0.1, 0.15) is 28.8 Å². The van der Waals surface area contributed by atoms with Crippen LogP contribution in [0.2, 0.25) is 0 Å². The maximum Gasteiger partial charge on any atom is 0.410 e. The molecule has 170 valence electrons. The number of nitrogens with zero attached hydrogens (tertiary/aromatic N) is 2. The number of methoxy groups -OCH3 is 1. The highest BCUT2D eigenvalue weighted by Gasteiger charge is 2.48. The van der Waals surface area contributed by atoms with Crippen LogP contribution in [0.5, 0.6) is 11.5 Å². The van der Waals surface area contributed by atoms with Crippen molar-refractivity contribution >= 4 is 22.8 Å². The van der Waals surface area contributed by atoms with Gasteiger partial charge < -0.3 is 24.0 Å². The summed E-state index contributed by atoms with van der Waals surface area (Å²) in [5.41, 5.74) is 0.672. The molecule has 3 aromatic rings. The third kappa shape index (κ3) is 3.73. The predicted molar refractivity (Wildman–Crippen MR) is 123 cm³/mol. The summed E-state index contributed by atoms with van der Waals surface area (Å²) in [7, 11) is 3.38. The first-order chi connectivity index (χ1) is 16.0. The molecule has 33 heavy (non-hydrogen) atoms. The number of amides is 2. The number of hydrogen-bond donors (Lipinski definition) is 0. The first-order valence-corrected chi connectivity index (χ1v) is 11.0. The number of hydrogen-bond acceptors (Lipinski definition) is 5. The van der Waals surface area contributed by atoms with Gasteiger partial charge in [0.1, 0.15) is 18.1 Å². The van der Waals surface area contributed by atoms with Gasteiger partial charge in [-0.25, -0.2) is 4.79 Å². The lowest BCUT2D eigenvalue weighted by molar-refractivity contribution is -0.0971. The Morgan fingerprint density at radius 2 is 1.79 bits per heavy atom. The average Bonchev–Trinajstić information content (AvgIpc) is 2.86. The van der Waals surface area contributed by atoms with Crippen LogP contribution in [0.15, 0.2) is 60.7 Å². The summed E-state index contributed by atoms with van der Waals surface area (Å²) < 4.78 is 17.5. The number of piperidine rings is 1. The molecule has 0 N–H and O–H groups in total. The predicted octanol–water partition coefficient (Wildman–Crippen LogP) is 4.44. The highest BCUT2D eigenvalue weighted by molar-refractivity contribution is 6.05. The number of ether oxygens (including phenoxy) is 3. The molecular weight excluding hydrogens is 420 g/mol. The summed E-state index contributed by atoms with van der Waals surface area (Å²) in [5, 5.41) is 1.82. The second-order valence-electron chi connectivity index (χ2n) is 8.47. The van der Waals surface area contributed by atoms with Crippen LogP contribution in [0.3, 0.4) is 0 Å². The topological polar surface area (TPSA) is 68.3 Å². The minimum absolute atomic E-state index is 0.0823. The molecule has 1 spiro atoms. The molecule has 2 amide bonds. The van der Waals surface area contributed by atoms with E-state index in [1.165, 1.54) is 0 Å². The van der Waals surface area contributed by atoms with E-state index < -0.39 is 5.72 Å². The van der Waals surface area contributed by atoms with Gasteiger partial charge in [-0.1, -0.05) is 42.5 Å². The molecule has 1 fully saturated rings. The van der Waals surface area contributed by atoms with Crippen LogP contribution in [0, 0.1) is 0 Å². The van der Waals surface area contributed by atoms with Gasteiger partial charge in [-0.3, -0.25) is 4.79 Å². The molecule has 1 saturated heterocycles. The molecule has 2 aliphatic heterocycles. The van der Waals surface area contributed by atoms with E-state index in [9.17, 15) is 9.59 Å². The quantitative estimate of drug-likeness (QED) is 0.595. The molecule has 3 aromatic carbocycles. The van der Waals surface area contributed by atoms with Crippen molar-refractivity contribution in [2.75, 3.05) is 27.2 Å². The van der Waals surface area contributed by atoms with Gasteiger partial charge in [-0.2, -0.15) is 0 Å². The van der Waals surface area contributed by atoms with E-state index in [1.807, 2.05) is 60.7 Å². The minimum atomic E-state index is -0.808. The summed E-state index contributed by atoms with van der Waals surface area (Å²) in [6.07, 6.45) is 0.638. The van der Waals surface area contributed by atoms with Gasteiger partial charge in [-0.15, -0.1) is 0 Å². The monoisotopic (exact) mass is 446 g/mol. The lowest BCUT2D eigenvalue weighted by Crippen LogP contribution is -2.62. The average molecular weight is 447 g/mol. The number of likely N-dealkylation sites (tertiary alicyclic amines) is 1. The molecule has 0 radical (unpaired) electrons. The first-order valence-electron chi connectivity index (χ1n) is 11.0. The van der Waals surface area contributed by atoms with E-state index in [0.29, 0.717) is 43.0 Å². The van der Waals surface area contributed by atoms with Crippen molar-refractivity contribution < 1.29 is 23.8 Å². The second-order valence-corrected chi connectivity index (χ2v) is 8.47. The van der Waals surface area contributed by atoms with Crippen molar-refractivity contribution in [2.24, 2.45) is 0 Å². The van der Waals surface area contributed by atoms with Gasteiger partial charge in [0.15, 0.2) is 5.72 Å². The summed E-state index contributed by atoms with van der Waals surface area (Å²) in [6, 6.07) is 19.1. The van der Waals surface area contributed by atoms with Gasteiger partial charge >= 0.3 is 6.09 Å². The summed E-state index contributed by atoms with van der Waals surface area (Å²) >= 11 is 0. The van der Waals surface area contributed by atoms with Gasteiger partial charge in [0.2, 0.25) is 0 Å². The molecule has 0 unspecified atom stereocenters. The zero-order valence-electron chi connectivity index (χ0n) is 18.7. The Kier molecular flexibility index (Phi) is 5.32. The third-order valence-electron chi connectivity index (χ3n) is 6.63.